The first kappa shape index (κ1) is 18.1. The fraction of sp³-hybridized carbons (Fsp3) is 0.722. The van der Waals surface area contributed by atoms with Gasteiger partial charge in [-0.2, -0.15) is 0 Å². The zero-order valence-electron chi connectivity index (χ0n) is 15.3. The van der Waals surface area contributed by atoms with E-state index in [0.717, 1.165) is 64.2 Å². The number of nitrogens with one attached hydrogen (secondary N) is 1. The number of piperidine rings is 1. The average molecular weight is 347 g/mol. The highest BCUT2D eigenvalue weighted by atomic mass is 16.2. The van der Waals surface area contributed by atoms with Gasteiger partial charge in [0.1, 0.15) is 5.82 Å². The van der Waals surface area contributed by atoms with Gasteiger partial charge in [-0.3, -0.25) is 14.5 Å². The maximum Gasteiger partial charge on any atom is 0.251 e. The molecule has 0 atom stereocenters. The third-order valence-corrected chi connectivity index (χ3v) is 5.32. The van der Waals surface area contributed by atoms with E-state index in [-0.39, 0.29) is 17.4 Å². The van der Waals surface area contributed by atoms with Gasteiger partial charge in [-0.25, -0.2) is 4.98 Å². The number of hydrogen-bond donors (Lipinski definition) is 1. The quantitative estimate of drug-likeness (QED) is 0.858. The number of rotatable bonds is 3. The van der Waals surface area contributed by atoms with Crippen LogP contribution in [-0.4, -0.2) is 83.4 Å². The first-order valence-electron chi connectivity index (χ1n) is 9.28. The van der Waals surface area contributed by atoms with Crippen molar-refractivity contribution in [2.45, 2.75) is 32.1 Å². The molecule has 3 rings (SSSR count). The lowest BCUT2D eigenvalue weighted by Crippen LogP contribution is -2.44. The Morgan fingerprint density at radius 3 is 2.68 bits per heavy atom. The number of aryl methyl sites for hydroxylation is 1. The van der Waals surface area contributed by atoms with Crippen LogP contribution in [0.2, 0.25) is 0 Å². The number of likely N-dealkylation sites (tertiary alicyclic amines) is 1. The predicted octanol–water partition coefficient (Wildman–Crippen LogP) is 0.422. The molecular weight excluding hydrogens is 318 g/mol. The van der Waals surface area contributed by atoms with Crippen LogP contribution >= 0.6 is 0 Å². The summed E-state index contributed by atoms with van der Waals surface area (Å²) in [4.78, 5) is 38.0. The van der Waals surface area contributed by atoms with Gasteiger partial charge in [0.15, 0.2) is 0 Å². The predicted molar refractivity (Wildman–Crippen MR) is 96.7 cm³/mol. The Morgan fingerprint density at radius 2 is 1.96 bits per heavy atom. The first-order chi connectivity index (χ1) is 12.0. The standard InChI is InChI=1S/C18H29N5O2/c1-14-19-16(12-17(24)20-14)15-4-8-23(9-5-15)18(25)13-22-7-3-6-21(2)10-11-22/h12,15H,3-11,13H2,1-2H3,(H,19,20,24). The summed E-state index contributed by atoms with van der Waals surface area (Å²) in [7, 11) is 2.14. The van der Waals surface area contributed by atoms with Crippen molar-refractivity contribution in [3.63, 3.8) is 0 Å². The third kappa shape index (κ3) is 4.89. The minimum Gasteiger partial charge on any atom is -0.342 e. The monoisotopic (exact) mass is 347 g/mol. The van der Waals surface area contributed by atoms with Crippen molar-refractivity contribution < 1.29 is 4.79 Å². The summed E-state index contributed by atoms with van der Waals surface area (Å²) in [6, 6.07) is 1.60. The lowest BCUT2D eigenvalue weighted by atomic mass is 9.93. The molecular formula is C18H29N5O2. The molecule has 138 valence electrons. The van der Waals surface area contributed by atoms with Crippen LogP contribution in [0, 0.1) is 6.92 Å². The molecule has 1 amide bonds. The van der Waals surface area contributed by atoms with Gasteiger partial charge < -0.3 is 14.8 Å². The van der Waals surface area contributed by atoms with Crippen LogP contribution in [0.25, 0.3) is 0 Å². The summed E-state index contributed by atoms with van der Waals surface area (Å²) in [5.74, 6) is 1.17. The summed E-state index contributed by atoms with van der Waals surface area (Å²) >= 11 is 0. The molecule has 2 aliphatic heterocycles. The van der Waals surface area contributed by atoms with Crippen LogP contribution in [0.15, 0.2) is 10.9 Å². The number of hydrogen-bond acceptors (Lipinski definition) is 5. The minimum atomic E-state index is -0.0906. The van der Waals surface area contributed by atoms with E-state index >= 15 is 0 Å². The van der Waals surface area contributed by atoms with Gasteiger partial charge in [0.05, 0.1) is 12.2 Å². The Hall–Kier alpha value is -1.73. The molecule has 1 N–H and O–H groups in total. The number of carbonyl (C=O) groups excluding carboxylic acids is 1. The Bertz CT molecular complexity index is 651. The second kappa shape index (κ2) is 8.10. The van der Waals surface area contributed by atoms with Gasteiger partial charge in [0.25, 0.3) is 5.56 Å². The SMILES string of the molecule is Cc1nc(C2CCN(C(=O)CN3CCCN(C)CC3)CC2)cc(=O)[nH]1. The van der Waals surface area contributed by atoms with Crippen molar-refractivity contribution >= 4 is 5.91 Å². The van der Waals surface area contributed by atoms with Crippen molar-refractivity contribution in [2.75, 3.05) is 52.9 Å². The molecule has 7 nitrogen and oxygen atoms in total. The molecule has 2 fully saturated rings. The molecule has 1 aromatic rings. The Morgan fingerprint density at radius 1 is 1.20 bits per heavy atom. The van der Waals surface area contributed by atoms with Crippen molar-refractivity contribution in [2.24, 2.45) is 0 Å². The summed E-state index contributed by atoms with van der Waals surface area (Å²) in [6.45, 7) is 7.96. The van der Waals surface area contributed by atoms with E-state index in [1.54, 1.807) is 6.07 Å². The number of likely N-dealkylation sites (N-methyl/N-ethyl adjacent to an activating group) is 1. The van der Waals surface area contributed by atoms with E-state index < -0.39 is 0 Å². The minimum absolute atomic E-state index is 0.0906. The summed E-state index contributed by atoms with van der Waals surface area (Å²) in [5.41, 5.74) is 0.774. The Kier molecular flexibility index (Phi) is 5.86. The maximum atomic E-state index is 12.6. The lowest BCUT2D eigenvalue weighted by Gasteiger charge is -2.33. The second-order valence-corrected chi connectivity index (χ2v) is 7.34. The maximum absolute atomic E-state index is 12.6. The molecule has 2 aliphatic rings. The molecule has 2 saturated heterocycles. The fourth-order valence-corrected chi connectivity index (χ4v) is 3.79. The van der Waals surface area contributed by atoms with Crippen LogP contribution in [-0.2, 0) is 4.79 Å². The van der Waals surface area contributed by atoms with Gasteiger partial charge in [0.2, 0.25) is 5.91 Å². The topological polar surface area (TPSA) is 72.5 Å². The van der Waals surface area contributed by atoms with E-state index in [0.29, 0.717) is 12.4 Å². The summed E-state index contributed by atoms with van der Waals surface area (Å²) < 4.78 is 0. The van der Waals surface area contributed by atoms with Crippen LogP contribution < -0.4 is 5.56 Å². The molecule has 25 heavy (non-hydrogen) atoms. The van der Waals surface area contributed by atoms with E-state index in [9.17, 15) is 9.59 Å². The van der Waals surface area contributed by atoms with Crippen molar-refractivity contribution in [3.05, 3.63) is 27.9 Å². The molecule has 0 saturated carbocycles. The molecule has 1 aromatic heterocycles. The number of aromatic nitrogens is 2. The molecule has 0 aliphatic carbocycles. The van der Waals surface area contributed by atoms with Crippen LogP contribution in [0.5, 0.6) is 0 Å². The van der Waals surface area contributed by atoms with Crippen molar-refractivity contribution in [1.82, 2.24) is 24.7 Å². The number of amides is 1. The molecule has 0 bridgehead atoms. The molecule has 0 unspecified atom stereocenters. The van der Waals surface area contributed by atoms with E-state index in [2.05, 4.69) is 26.8 Å². The molecule has 7 heteroatoms. The highest BCUT2D eigenvalue weighted by molar-refractivity contribution is 5.78. The van der Waals surface area contributed by atoms with Gasteiger partial charge in [-0.15, -0.1) is 0 Å². The Balaban J connectivity index is 1.51. The van der Waals surface area contributed by atoms with Crippen LogP contribution in [0.1, 0.15) is 36.7 Å². The largest absolute Gasteiger partial charge is 0.342 e. The van der Waals surface area contributed by atoms with Gasteiger partial charge in [-0.05, 0) is 46.3 Å². The third-order valence-electron chi connectivity index (χ3n) is 5.32. The second-order valence-electron chi connectivity index (χ2n) is 7.34. The number of carbonyl (C=O) groups is 1. The Labute approximate surface area is 149 Å². The normalized spacial score (nSPS) is 21.3. The van der Waals surface area contributed by atoms with E-state index in [1.807, 2.05) is 11.8 Å². The van der Waals surface area contributed by atoms with Crippen molar-refractivity contribution in [3.8, 4) is 0 Å². The summed E-state index contributed by atoms with van der Waals surface area (Å²) in [6.07, 6.45) is 2.88. The average Bonchev–Trinajstić information content (AvgIpc) is 2.78. The molecule has 0 spiro atoms. The van der Waals surface area contributed by atoms with Crippen LogP contribution in [0.3, 0.4) is 0 Å². The smallest absolute Gasteiger partial charge is 0.251 e. The lowest BCUT2D eigenvalue weighted by molar-refractivity contribution is -0.133. The molecule has 0 radical (unpaired) electrons. The molecule has 0 aromatic carbocycles. The number of nitrogens with zero attached hydrogens (tertiary/aromatic N) is 4. The fourth-order valence-electron chi connectivity index (χ4n) is 3.79. The summed E-state index contributed by atoms with van der Waals surface area (Å²) in [5, 5.41) is 0. The van der Waals surface area contributed by atoms with Crippen LogP contribution in [0.4, 0.5) is 0 Å². The molecule has 3 heterocycles. The zero-order valence-corrected chi connectivity index (χ0v) is 15.3. The van der Waals surface area contributed by atoms with E-state index in [4.69, 9.17) is 0 Å². The highest BCUT2D eigenvalue weighted by Crippen LogP contribution is 2.26. The van der Waals surface area contributed by atoms with Gasteiger partial charge in [0, 0.05) is 38.2 Å². The zero-order chi connectivity index (χ0) is 17.8. The van der Waals surface area contributed by atoms with Gasteiger partial charge >= 0.3 is 0 Å². The van der Waals surface area contributed by atoms with Gasteiger partial charge in [-0.1, -0.05) is 0 Å². The van der Waals surface area contributed by atoms with E-state index in [1.165, 1.54) is 0 Å². The first-order valence-corrected chi connectivity index (χ1v) is 9.28. The number of H-pyrrole nitrogens is 1. The van der Waals surface area contributed by atoms with Crippen molar-refractivity contribution in [1.29, 1.82) is 0 Å². The number of aromatic amines is 1. The highest BCUT2D eigenvalue weighted by Gasteiger charge is 2.26.